The van der Waals surface area contributed by atoms with E-state index in [9.17, 15) is 0 Å². The molecule has 0 amide bonds. The van der Waals surface area contributed by atoms with E-state index in [1.165, 1.54) is 0 Å². The van der Waals surface area contributed by atoms with Crippen LogP contribution in [-0.2, 0) is 13.1 Å². The van der Waals surface area contributed by atoms with Gasteiger partial charge in [0.25, 0.3) is 0 Å². The molecule has 0 bridgehead atoms. The second kappa shape index (κ2) is 5.43. The molecule has 0 unspecified atom stereocenters. The van der Waals surface area contributed by atoms with Crippen molar-refractivity contribution in [1.82, 2.24) is 19.5 Å². The van der Waals surface area contributed by atoms with Gasteiger partial charge >= 0.3 is 0 Å². The summed E-state index contributed by atoms with van der Waals surface area (Å²) in [4.78, 5) is 12.7. The highest BCUT2D eigenvalue weighted by Crippen LogP contribution is 2.07. The van der Waals surface area contributed by atoms with Crippen LogP contribution < -0.4 is 5.32 Å². The maximum atomic E-state index is 4.34. The summed E-state index contributed by atoms with van der Waals surface area (Å²) in [6.07, 6.45) is 6.66. The van der Waals surface area contributed by atoms with Gasteiger partial charge in [-0.1, -0.05) is 6.92 Å². The lowest BCUT2D eigenvalue weighted by molar-refractivity contribution is 0.681. The van der Waals surface area contributed by atoms with Crippen LogP contribution >= 0.6 is 0 Å². The van der Waals surface area contributed by atoms with Crippen molar-refractivity contribution in [3.63, 3.8) is 0 Å². The fourth-order valence-electron chi connectivity index (χ4n) is 1.67. The molecule has 0 aliphatic heterocycles. The highest BCUT2D eigenvalue weighted by Gasteiger charge is 2.02. The Bertz CT molecular complexity index is 477. The van der Waals surface area contributed by atoms with Crippen molar-refractivity contribution in [3.8, 4) is 0 Å². The molecule has 0 spiro atoms. The average Bonchev–Trinajstić information content (AvgIpc) is 2.75. The monoisotopic (exact) mass is 231 g/mol. The minimum atomic E-state index is 0.671. The number of anilines is 1. The van der Waals surface area contributed by atoms with Crippen molar-refractivity contribution in [2.24, 2.45) is 0 Å². The van der Waals surface area contributed by atoms with E-state index in [2.05, 4.69) is 31.8 Å². The zero-order chi connectivity index (χ0) is 12.1. The van der Waals surface area contributed by atoms with Crippen LogP contribution in [0.5, 0.6) is 0 Å². The Hall–Kier alpha value is -1.91. The predicted octanol–water partition coefficient (Wildman–Crippen LogP) is 2.00. The molecule has 1 N–H and O–H groups in total. The maximum absolute atomic E-state index is 4.34. The van der Waals surface area contributed by atoms with Crippen LogP contribution in [0.1, 0.15) is 24.9 Å². The van der Waals surface area contributed by atoms with Crippen LogP contribution in [0.4, 0.5) is 5.95 Å². The van der Waals surface area contributed by atoms with Gasteiger partial charge in [-0.3, -0.25) is 0 Å². The van der Waals surface area contributed by atoms with Gasteiger partial charge in [-0.2, -0.15) is 0 Å². The van der Waals surface area contributed by atoms with Gasteiger partial charge in [0, 0.05) is 25.1 Å². The van der Waals surface area contributed by atoms with Gasteiger partial charge < -0.3 is 9.88 Å². The molecule has 0 aliphatic carbocycles. The molecule has 5 heteroatoms. The van der Waals surface area contributed by atoms with E-state index >= 15 is 0 Å². The Morgan fingerprint density at radius 2 is 2.18 bits per heavy atom. The highest BCUT2D eigenvalue weighted by atomic mass is 15.2. The lowest BCUT2D eigenvalue weighted by Gasteiger charge is -2.08. The van der Waals surface area contributed by atoms with Crippen molar-refractivity contribution in [1.29, 1.82) is 0 Å². The third-order valence-corrected chi connectivity index (χ3v) is 2.44. The van der Waals surface area contributed by atoms with E-state index in [1.54, 1.807) is 6.20 Å². The summed E-state index contributed by atoms with van der Waals surface area (Å²) < 4.78 is 2.11. The molecule has 2 rings (SSSR count). The molecular weight excluding hydrogens is 214 g/mol. The standard InChI is InChI=1S/C12H17N5/c1-3-7-17-8-6-14-12(17)15-9-11-4-5-13-10(2)16-11/h4-6,8H,3,7,9H2,1-2H3,(H,14,15). The summed E-state index contributed by atoms with van der Waals surface area (Å²) in [5, 5.41) is 3.28. The topological polar surface area (TPSA) is 55.6 Å². The fraction of sp³-hybridized carbons (Fsp3) is 0.417. The number of hydrogen-bond acceptors (Lipinski definition) is 4. The van der Waals surface area contributed by atoms with Crippen LogP contribution in [-0.4, -0.2) is 19.5 Å². The Morgan fingerprint density at radius 3 is 2.94 bits per heavy atom. The molecular formula is C12H17N5. The quantitative estimate of drug-likeness (QED) is 0.855. The van der Waals surface area contributed by atoms with E-state index in [0.29, 0.717) is 6.54 Å². The smallest absolute Gasteiger partial charge is 0.203 e. The van der Waals surface area contributed by atoms with Crippen LogP contribution in [0.15, 0.2) is 24.7 Å². The van der Waals surface area contributed by atoms with E-state index in [4.69, 9.17) is 0 Å². The number of aromatic nitrogens is 4. The fourth-order valence-corrected chi connectivity index (χ4v) is 1.67. The summed E-state index contributed by atoms with van der Waals surface area (Å²) >= 11 is 0. The maximum Gasteiger partial charge on any atom is 0.203 e. The molecule has 0 aromatic carbocycles. The number of nitrogens with zero attached hydrogens (tertiary/aromatic N) is 4. The third-order valence-electron chi connectivity index (χ3n) is 2.44. The van der Waals surface area contributed by atoms with Crippen molar-refractivity contribution in [2.45, 2.75) is 33.4 Å². The second-order valence-corrected chi connectivity index (χ2v) is 3.89. The summed E-state index contributed by atoms with van der Waals surface area (Å²) in [7, 11) is 0. The summed E-state index contributed by atoms with van der Waals surface area (Å²) in [6, 6.07) is 1.91. The number of nitrogens with one attached hydrogen (secondary N) is 1. The van der Waals surface area contributed by atoms with E-state index in [0.717, 1.165) is 30.4 Å². The lowest BCUT2D eigenvalue weighted by Crippen LogP contribution is -2.08. The molecule has 0 aliphatic rings. The lowest BCUT2D eigenvalue weighted by atomic mass is 10.4. The molecule has 90 valence electrons. The van der Waals surface area contributed by atoms with Gasteiger partial charge in [0.15, 0.2) is 0 Å². The summed E-state index contributed by atoms with van der Waals surface area (Å²) in [6.45, 7) is 5.69. The van der Waals surface area contributed by atoms with Gasteiger partial charge in [-0.15, -0.1) is 0 Å². The SMILES string of the molecule is CCCn1ccnc1NCc1ccnc(C)n1. The van der Waals surface area contributed by atoms with Gasteiger partial charge in [0.05, 0.1) is 12.2 Å². The van der Waals surface area contributed by atoms with Crippen molar-refractivity contribution in [3.05, 3.63) is 36.2 Å². The van der Waals surface area contributed by atoms with Crippen LogP contribution in [0.25, 0.3) is 0 Å². The van der Waals surface area contributed by atoms with Crippen molar-refractivity contribution >= 4 is 5.95 Å². The highest BCUT2D eigenvalue weighted by molar-refractivity contribution is 5.26. The molecule has 0 radical (unpaired) electrons. The first kappa shape index (κ1) is 11.6. The first-order valence-corrected chi connectivity index (χ1v) is 5.83. The molecule has 2 aromatic heterocycles. The normalized spacial score (nSPS) is 10.5. The Morgan fingerprint density at radius 1 is 1.29 bits per heavy atom. The van der Waals surface area contributed by atoms with Crippen LogP contribution in [0.2, 0.25) is 0 Å². The van der Waals surface area contributed by atoms with Crippen molar-refractivity contribution < 1.29 is 0 Å². The largest absolute Gasteiger partial charge is 0.350 e. The average molecular weight is 231 g/mol. The Balaban J connectivity index is 1.99. The van der Waals surface area contributed by atoms with Crippen molar-refractivity contribution in [2.75, 3.05) is 5.32 Å². The van der Waals surface area contributed by atoms with E-state index < -0.39 is 0 Å². The van der Waals surface area contributed by atoms with Gasteiger partial charge in [-0.05, 0) is 19.4 Å². The first-order chi connectivity index (χ1) is 8.29. The summed E-state index contributed by atoms with van der Waals surface area (Å²) in [5.74, 6) is 1.68. The second-order valence-electron chi connectivity index (χ2n) is 3.89. The number of rotatable bonds is 5. The zero-order valence-electron chi connectivity index (χ0n) is 10.2. The predicted molar refractivity (Wildman–Crippen MR) is 66.6 cm³/mol. The Kier molecular flexibility index (Phi) is 3.69. The molecule has 0 fully saturated rings. The molecule has 0 saturated carbocycles. The molecule has 0 atom stereocenters. The molecule has 5 nitrogen and oxygen atoms in total. The Labute approximate surface area is 101 Å². The van der Waals surface area contributed by atoms with Crippen LogP contribution in [0, 0.1) is 6.92 Å². The minimum absolute atomic E-state index is 0.671. The van der Waals surface area contributed by atoms with E-state index in [-0.39, 0.29) is 0 Å². The molecule has 2 heterocycles. The molecule has 2 aromatic rings. The first-order valence-electron chi connectivity index (χ1n) is 5.83. The number of aryl methyl sites for hydroxylation is 2. The van der Waals surface area contributed by atoms with E-state index in [1.807, 2.05) is 25.4 Å². The van der Waals surface area contributed by atoms with Gasteiger partial charge in [0.2, 0.25) is 5.95 Å². The minimum Gasteiger partial charge on any atom is -0.350 e. The zero-order valence-corrected chi connectivity index (χ0v) is 10.2. The summed E-state index contributed by atoms with van der Waals surface area (Å²) in [5.41, 5.74) is 0.976. The third kappa shape index (κ3) is 3.03. The van der Waals surface area contributed by atoms with Crippen LogP contribution in [0.3, 0.4) is 0 Å². The number of hydrogen-bond donors (Lipinski definition) is 1. The number of imidazole rings is 1. The molecule has 17 heavy (non-hydrogen) atoms. The molecule has 0 saturated heterocycles. The van der Waals surface area contributed by atoms with Gasteiger partial charge in [-0.25, -0.2) is 15.0 Å². The van der Waals surface area contributed by atoms with Gasteiger partial charge in [0.1, 0.15) is 5.82 Å².